The number of rotatable bonds is 3. The Labute approximate surface area is 130 Å². The predicted molar refractivity (Wildman–Crippen MR) is 85.5 cm³/mol. The Kier molecular flexibility index (Phi) is 3.59. The highest BCUT2D eigenvalue weighted by Gasteiger charge is 2.36. The van der Waals surface area contributed by atoms with Gasteiger partial charge in [0.2, 0.25) is 0 Å². The standard InChI is InChI=1S/C17H22N2OS/c20-17(16-2-1-9-21-16)19-7-5-18(6-8-19)12-15-11-13-3-4-14(15)10-13/h1-4,9,13-15H,5-8,10-12H2/t13-,14+,15-/m1/s1. The van der Waals surface area contributed by atoms with E-state index in [2.05, 4.69) is 17.1 Å². The maximum absolute atomic E-state index is 12.3. The zero-order chi connectivity index (χ0) is 14.2. The van der Waals surface area contributed by atoms with Gasteiger partial charge < -0.3 is 4.90 Å². The molecule has 1 saturated heterocycles. The van der Waals surface area contributed by atoms with E-state index in [1.807, 2.05) is 22.4 Å². The number of carbonyl (C=O) groups excluding carboxylic acids is 1. The van der Waals surface area contributed by atoms with Crippen molar-refractivity contribution in [2.45, 2.75) is 12.8 Å². The number of carbonyl (C=O) groups is 1. The lowest BCUT2D eigenvalue weighted by Crippen LogP contribution is -2.49. The van der Waals surface area contributed by atoms with Crippen molar-refractivity contribution in [2.24, 2.45) is 17.8 Å². The van der Waals surface area contributed by atoms with E-state index in [4.69, 9.17) is 0 Å². The van der Waals surface area contributed by atoms with E-state index in [1.165, 1.54) is 19.4 Å². The summed E-state index contributed by atoms with van der Waals surface area (Å²) < 4.78 is 0. The number of hydrogen-bond acceptors (Lipinski definition) is 3. The summed E-state index contributed by atoms with van der Waals surface area (Å²) in [7, 11) is 0. The van der Waals surface area contributed by atoms with Gasteiger partial charge >= 0.3 is 0 Å². The Hall–Kier alpha value is -1.13. The smallest absolute Gasteiger partial charge is 0.264 e. The summed E-state index contributed by atoms with van der Waals surface area (Å²) in [5.74, 6) is 2.77. The van der Waals surface area contributed by atoms with Gasteiger partial charge in [-0.05, 0) is 42.0 Å². The van der Waals surface area contributed by atoms with E-state index >= 15 is 0 Å². The van der Waals surface area contributed by atoms with Gasteiger partial charge in [0.25, 0.3) is 5.91 Å². The topological polar surface area (TPSA) is 23.6 Å². The first-order chi connectivity index (χ1) is 10.3. The normalized spacial score (nSPS) is 32.0. The molecule has 3 aliphatic rings. The minimum absolute atomic E-state index is 0.215. The molecule has 1 saturated carbocycles. The van der Waals surface area contributed by atoms with E-state index in [9.17, 15) is 4.79 Å². The van der Waals surface area contributed by atoms with Crippen molar-refractivity contribution in [3.05, 3.63) is 34.5 Å². The lowest BCUT2D eigenvalue weighted by Gasteiger charge is -2.36. The molecule has 3 nitrogen and oxygen atoms in total. The summed E-state index contributed by atoms with van der Waals surface area (Å²) in [6.45, 7) is 5.07. The number of amides is 1. The minimum Gasteiger partial charge on any atom is -0.335 e. The fraction of sp³-hybridized carbons (Fsp3) is 0.588. The second-order valence-corrected chi connectivity index (χ2v) is 7.56. The van der Waals surface area contributed by atoms with Crippen molar-refractivity contribution in [1.82, 2.24) is 9.80 Å². The van der Waals surface area contributed by atoms with Crippen LogP contribution < -0.4 is 0 Å². The molecule has 1 aromatic heterocycles. The Morgan fingerprint density at radius 1 is 1.19 bits per heavy atom. The van der Waals surface area contributed by atoms with E-state index < -0.39 is 0 Å². The number of thiophene rings is 1. The van der Waals surface area contributed by atoms with Crippen LogP contribution in [0.4, 0.5) is 0 Å². The highest BCUT2D eigenvalue weighted by atomic mass is 32.1. The van der Waals surface area contributed by atoms with Gasteiger partial charge in [0, 0.05) is 32.7 Å². The average molecular weight is 302 g/mol. The lowest BCUT2D eigenvalue weighted by molar-refractivity contribution is 0.0615. The molecule has 2 fully saturated rings. The maximum atomic E-state index is 12.3. The molecule has 3 atom stereocenters. The first-order valence-electron chi connectivity index (χ1n) is 8.03. The number of allylic oxidation sites excluding steroid dienone is 2. The molecule has 0 aromatic carbocycles. The fourth-order valence-electron chi connectivity index (χ4n) is 4.13. The van der Waals surface area contributed by atoms with Crippen LogP contribution in [0.25, 0.3) is 0 Å². The van der Waals surface area contributed by atoms with Gasteiger partial charge in [-0.3, -0.25) is 9.69 Å². The van der Waals surface area contributed by atoms with Crippen LogP contribution >= 0.6 is 11.3 Å². The zero-order valence-corrected chi connectivity index (χ0v) is 13.1. The Balaban J connectivity index is 1.29. The Morgan fingerprint density at radius 2 is 2.05 bits per heavy atom. The summed E-state index contributed by atoms with van der Waals surface area (Å²) in [4.78, 5) is 17.8. The Bertz CT molecular complexity index is 531. The van der Waals surface area contributed by atoms with Gasteiger partial charge in [0.1, 0.15) is 0 Å². The third kappa shape index (κ3) is 2.67. The summed E-state index contributed by atoms with van der Waals surface area (Å²) in [6.07, 6.45) is 7.63. The first-order valence-corrected chi connectivity index (χ1v) is 8.91. The minimum atomic E-state index is 0.215. The van der Waals surface area contributed by atoms with E-state index in [-0.39, 0.29) is 5.91 Å². The highest BCUT2D eigenvalue weighted by Crippen LogP contribution is 2.43. The second-order valence-electron chi connectivity index (χ2n) is 6.61. The van der Waals surface area contributed by atoms with E-state index in [0.29, 0.717) is 0 Å². The summed E-state index contributed by atoms with van der Waals surface area (Å²) in [6, 6.07) is 3.89. The van der Waals surface area contributed by atoms with Crippen molar-refractivity contribution in [3.63, 3.8) is 0 Å². The van der Waals surface area contributed by atoms with Crippen LogP contribution in [0.5, 0.6) is 0 Å². The van der Waals surface area contributed by atoms with Crippen LogP contribution in [0, 0.1) is 17.8 Å². The molecule has 0 unspecified atom stereocenters. The molecule has 0 spiro atoms. The first kappa shape index (κ1) is 13.5. The quantitative estimate of drug-likeness (QED) is 0.802. The van der Waals surface area contributed by atoms with Crippen LogP contribution in [0.1, 0.15) is 22.5 Å². The molecule has 21 heavy (non-hydrogen) atoms. The molecule has 4 heteroatoms. The highest BCUT2D eigenvalue weighted by molar-refractivity contribution is 7.12. The molecule has 2 bridgehead atoms. The number of nitrogens with zero attached hydrogens (tertiary/aromatic N) is 2. The molecule has 4 rings (SSSR count). The molecule has 0 radical (unpaired) electrons. The zero-order valence-electron chi connectivity index (χ0n) is 12.3. The van der Waals surface area contributed by atoms with Crippen molar-refractivity contribution < 1.29 is 4.79 Å². The van der Waals surface area contributed by atoms with Gasteiger partial charge in [0.15, 0.2) is 0 Å². The van der Waals surface area contributed by atoms with Crippen molar-refractivity contribution in [1.29, 1.82) is 0 Å². The fourth-order valence-corrected chi connectivity index (χ4v) is 4.82. The average Bonchev–Trinajstić information content (AvgIpc) is 3.25. The monoisotopic (exact) mass is 302 g/mol. The summed E-state index contributed by atoms with van der Waals surface area (Å²) in [5.41, 5.74) is 0. The van der Waals surface area contributed by atoms with Crippen LogP contribution in [0.3, 0.4) is 0 Å². The van der Waals surface area contributed by atoms with Crippen molar-refractivity contribution in [3.8, 4) is 0 Å². The molecule has 1 aliphatic heterocycles. The van der Waals surface area contributed by atoms with Gasteiger partial charge in [0.05, 0.1) is 4.88 Å². The van der Waals surface area contributed by atoms with Crippen LogP contribution in [0.15, 0.2) is 29.7 Å². The molecule has 1 amide bonds. The van der Waals surface area contributed by atoms with Gasteiger partial charge in [-0.2, -0.15) is 0 Å². The third-order valence-electron chi connectivity index (χ3n) is 5.30. The largest absolute Gasteiger partial charge is 0.335 e. The molecule has 2 aliphatic carbocycles. The number of piperazine rings is 1. The van der Waals surface area contributed by atoms with Crippen molar-refractivity contribution >= 4 is 17.2 Å². The molecule has 0 N–H and O–H groups in total. The van der Waals surface area contributed by atoms with Gasteiger partial charge in [-0.1, -0.05) is 18.2 Å². The van der Waals surface area contributed by atoms with Gasteiger partial charge in [-0.25, -0.2) is 0 Å². The summed E-state index contributed by atoms with van der Waals surface area (Å²) >= 11 is 1.55. The van der Waals surface area contributed by atoms with Crippen LogP contribution in [0.2, 0.25) is 0 Å². The maximum Gasteiger partial charge on any atom is 0.264 e. The predicted octanol–water partition coefficient (Wildman–Crippen LogP) is 2.72. The van der Waals surface area contributed by atoms with Crippen LogP contribution in [-0.2, 0) is 0 Å². The van der Waals surface area contributed by atoms with Crippen molar-refractivity contribution in [2.75, 3.05) is 32.7 Å². The Morgan fingerprint density at radius 3 is 2.67 bits per heavy atom. The van der Waals surface area contributed by atoms with E-state index in [0.717, 1.165) is 48.8 Å². The molecule has 112 valence electrons. The third-order valence-corrected chi connectivity index (χ3v) is 6.16. The SMILES string of the molecule is O=C(c1cccs1)N1CCN(C[C@H]2C[C@@H]3C=C[C@H]2C3)CC1. The molecule has 1 aromatic rings. The lowest BCUT2D eigenvalue weighted by atomic mass is 9.93. The molecular formula is C17H22N2OS. The molecular weight excluding hydrogens is 280 g/mol. The van der Waals surface area contributed by atoms with Gasteiger partial charge in [-0.15, -0.1) is 11.3 Å². The number of hydrogen-bond donors (Lipinski definition) is 0. The number of fused-ring (bicyclic) bond motifs is 2. The van der Waals surface area contributed by atoms with Crippen LogP contribution in [-0.4, -0.2) is 48.4 Å². The summed E-state index contributed by atoms with van der Waals surface area (Å²) in [5, 5.41) is 1.98. The second kappa shape index (κ2) is 5.58. The van der Waals surface area contributed by atoms with E-state index in [1.54, 1.807) is 11.3 Å². The molecule has 2 heterocycles.